The number of ether oxygens (including phenoxy) is 3. The molecule has 0 atom stereocenters. The summed E-state index contributed by atoms with van der Waals surface area (Å²) >= 11 is 5.98. The van der Waals surface area contributed by atoms with Gasteiger partial charge in [0.05, 0.1) is 32.0 Å². The predicted molar refractivity (Wildman–Crippen MR) is 126 cm³/mol. The van der Waals surface area contributed by atoms with Crippen LogP contribution in [0, 0.1) is 11.6 Å². The lowest BCUT2D eigenvalue weighted by atomic mass is 10.1. The van der Waals surface area contributed by atoms with Gasteiger partial charge in [0.25, 0.3) is 5.91 Å². The highest BCUT2D eigenvalue weighted by molar-refractivity contribution is 6.30. The number of carbonyl (C=O) groups excluding carboxylic acids is 1. The van der Waals surface area contributed by atoms with Crippen molar-refractivity contribution in [3.05, 3.63) is 77.1 Å². The lowest BCUT2D eigenvalue weighted by molar-refractivity contribution is 0.101. The maximum absolute atomic E-state index is 13.8. The fraction of sp³-hybridized carbons (Fsp3) is 0.125. The number of rotatable bonds is 7. The molecule has 0 aliphatic carbocycles. The number of aromatic nitrogens is 3. The van der Waals surface area contributed by atoms with Gasteiger partial charge in [-0.1, -0.05) is 17.7 Å². The van der Waals surface area contributed by atoms with Gasteiger partial charge in [0, 0.05) is 11.3 Å². The van der Waals surface area contributed by atoms with E-state index < -0.39 is 17.5 Å². The van der Waals surface area contributed by atoms with E-state index in [0.717, 1.165) is 6.07 Å². The summed E-state index contributed by atoms with van der Waals surface area (Å²) in [7, 11) is 4.39. The Morgan fingerprint density at radius 3 is 2.29 bits per heavy atom. The maximum atomic E-state index is 13.8. The summed E-state index contributed by atoms with van der Waals surface area (Å²) in [6, 6.07) is 12.6. The number of hydrogen-bond donors (Lipinski definition) is 1. The summed E-state index contributed by atoms with van der Waals surface area (Å²) in [5, 5.41) is 6.72. The summed E-state index contributed by atoms with van der Waals surface area (Å²) in [6.07, 6.45) is 0. The van der Waals surface area contributed by atoms with Crippen LogP contribution in [-0.2, 0) is 0 Å². The number of methoxy groups -OCH3 is 3. The quantitative estimate of drug-likeness (QED) is 0.378. The van der Waals surface area contributed by atoms with Gasteiger partial charge in [-0.05, 0) is 48.5 Å². The second-order valence-corrected chi connectivity index (χ2v) is 7.55. The average molecular weight is 501 g/mol. The average Bonchev–Trinajstić information content (AvgIpc) is 3.30. The Labute approximate surface area is 204 Å². The molecule has 11 heteroatoms. The maximum Gasteiger partial charge on any atom is 0.295 e. The van der Waals surface area contributed by atoms with Crippen molar-refractivity contribution in [3.8, 4) is 34.3 Å². The van der Waals surface area contributed by atoms with Crippen LogP contribution in [-0.4, -0.2) is 42.0 Å². The van der Waals surface area contributed by atoms with Crippen LogP contribution in [0.3, 0.4) is 0 Å². The molecule has 3 aromatic carbocycles. The molecule has 1 N–H and O–H groups in total. The van der Waals surface area contributed by atoms with Gasteiger partial charge in [0.15, 0.2) is 17.3 Å². The molecule has 0 spiro atoms. The Morgan fingerprint density at radius 2 is 1.69 bits per heavy atom. The fourth-order valence-electron chi connectivity index (χ4n) is 3.36. The third kappa shape index (κ3) is 4.87. The molecule has 0 aliphatic heterocycles. The Balaban J connectivity index is 1.86. The second-order valence-electron chi connectivity index (χ2n) is 7.15. The number of hydrogen-bond acceptors (Lipinski definition) is 6. The van der Waals surface area contributed by atoms with Gasteiger partial charge >= 0.3 is 0 Å². The zero-order chi connectivity index (χ0) is 25.1. The topological polar surface area (TPSA) is 87.5 Å². The molecule has 8 nitrogen and oxygen atoms in total. The van der Waals surface area contributed by atoms with Crippen LogP contribution >= 0.6 is 11.6 Å². The van der Waals surface area contributed by atoms with Crippen molar-refractivity contribution in [2.75, 3.05) is 26.6 Å². The van der Waals surface area contributed by atoms with Gasteiger partial charge in [0.1, 0.15) is 11.6 Å². The molecule has 1 amide bonds. The van der Waals surface area contributed by atoms with Crippen LogP contribution in [0.4, 0.5) is 14.5 Å². The van der Waals surface area contributed by atoms with Crippen molar-refractivity contribution in [1.82, 2.24) is 14.8 Å². The molecular weight excluding hydrogens is 482 g/mol. The molecule has 0 aliphatic rings. The molecule has 1 aromatic heterocycles. The monoisotopic (exact) mass is 500 g/mol. The van der Waals surface area contributed by atoms with Crippen LogP contribution in [0.5, 0.6) is 17.2 Å². The van der Waals surface area contributed by atoms with E-state index in [1.165, 1.54) is 62.4 Å². The van der Waals surface area contributed by atoms with Crippen molar-refractivity contribution < 1.29 is 27.8 Å². The van der Waals surface area contributed by atoms with Crippen LogP contribution < -0.4 is 19.5 Å². The van der Waals surface area contributed by atoms with E-state index in [1.54, 1.807) is 12.1 Å². The highest BCUT2D eigenvalue weighted by atomic mass is 35.5. The molecule has 1 heterocycles. The Bertz CT molecular complexity index is 1390. The number of amides is 1. The van der Waals surface area contributed by atoms with Crippen LogP contribution in [0.1, 0.15) is 10.6 Å². The fourth-order valence-corrected chi connectivity index (χ4v) is 3.53. The van der Waals surface area contributed by atoms with Crippen molar-refractivity contribution in [1.29, 1.82) is 0 Å². The molecule has 0 fully saturated rings. The highest BCUT2D eigenvalue weighted by Crippen LogP contribution is 2.41. The van der Waals surface area contributed by atoms with E-state index in [9.17, 15) is 13.6 Å². The smallest absolute Gasteiger partial charge is 0.295 e. The zero-order valence-corrected chi connectivity index (χ0v) is 19.6. The van der Waals surface area contributed by atoms with Gasteiger partial charge < -0.3 is 19.5 Å². The molecule has 4 rings (SSSR count). The molecular formula is C24H19ClF2N4O4. The minimum atomic E-state index is -0.684. The van der Waals surface area contributed by atoms with Crippen LogP contribution in [0.15, 0.2) is 54.6 Å². The summed E-state index contributed by atoms with van der Waals surface area (Å²) in [4.78, 5) is 17.3. The van der Waals surface area contributed by atoms with E-state index in [-0.39, 0.29) is 22.4 Å². The van der Waals surface area contributed by atoms with E-state index in [2.05, 4.69) is 15.4 Å². The summed E-state index contributed by atoms with van der Waals surface area (Å²) in [5.41, 5.74) is 1.03. The molecule has 35 heavy (non-hydrogen) atoms. The first-order chi connectivity index (χ1) is 16.8. The number of halogens is 3. The first kappa shape index (κ1) is 24.0. The lowest BCUT2D eigenvalue weighted by Crippen LogP contribution is -2.14. The van der Waals surface area contributed by atoms with Crippen molar-refractivity contribution in [3.63, 3.8) is 0 Å². The number of carbonyl (C=O) groups is 1. The van der Waals surface area contributed by atoms with E-state index >= 15 is 0 Å². The Kier molecular flexibility index (Phi) is 6.83. The first-order valence-corrected chi connectivity index (χ1v) is 10.5. The summed E-state index contributed by atoms with van der Waals surface area (Å²) < 4.78 is 44.9. The Hall–Kier alpha value is -4.18. The van der Waals surface area contributed by atoms with Crippen LogP contribution in [0.25, 0.3) is 17.1 Å². The first-order valence-electron chi connectivity index (χ1n) is 10.1. The zero-order valence-electron chi connectivity index (χ0n) is 18.8. The van der Waals surface area contributed by atoms with Gasteiger partial charge in [0.2, 0.25) is 11.6 Å². The third-order valence-electron chi connectivity index (χ3n) is 4.96. The molecule has 0 bridgehead atoms. The van der Waals surface area contributed by atoms with Gasteiger partial charge in [-0.25, -0.2) is 18.4 Å². The van der Waals surface area contributed by atoms with Gasteiger partial charge in [-0.3, -0.25) is 4.79 Å². The largest absolute Gasteiger partial charge is 0.493 e. The lowest BCUT2D eigenvalue weighted by Gasteiger charge is -2.14. The number of nitrogens with zero attached hydrogens (tertiary/aromatic N) is 3. The van der Waals surface area contributed by atoms with Crippen molar-refractivity contribution in [2.24, 2.45) is 0 Å². The molecule has 0 saturated heterocycles. The summed E-state index contributed by atoms with van der Waals surface area (Å²) in [5.74, 6) is -0.780. The molecule has 4 aromatic rings. The number of nitrogens with one attached hydrogen (secondary N) is 1. The number of anilines is 1. The third-order valence-corrected chi connectivity index (χ3v) is 5.25. The molecule has 0 unspecified atom stereocenters. The SMILES string of the molecule is COc1cc(-c2nc(C(=O)Nc3cccc(F)c3)nn2-c2ccc(F)c(Cl)c2)cc(OC)c1OC. The molecule has 180 valence electrons. The molecule has 0 saturated carbocycles. The normalized spacial score (nSPS) is 10.7. The second kappa shape index (κ2) is 9.98. The van der Waals surface area contributed by atoms with E-state index in [0.29, 0.717) is 28.5 Å². The number of benzene rings is 3. The van der Waals surface area contributed by atoms with Gasteiger partial charge in [-0.15, -0.1) is 5.10 Å². The molecule has 0 radical (unpaired) electrons. The summed E-state index contributed by atoms with van der Waals surface area (Å²) in [6.45, 7) is 0. The van der Waals surface area contributed by atoms with Crippen molar-refractivity contribution in [2.45, 2.75) is 0 Å². The van der Waals surface area contributed by atoms with Crippen LogP contribution in [0.2, 0.25) is 5.02 Å². The standard InChI is InChI=1S/C24H19ClF2N4O4/c1-33-19-9-13(10-20(34-2)21(19)35-3)23-29-22(24(32)28-15-6-4-5-14(26)11-15)30-31(23)16-7-8-18(27)17(25)12-16/h4-12H,1-3H3,(H,28,32). The Morgan fingerprint density at radius 1 is 0.971 bits per heavy atom. The van der Waals surface area contributed by atoms with E-state index in [1.807, 2.05) is 0 Å². The minimum Gasteiger partial charge on any atom is -0.493 e. The highest BCUT2D eigenvalue weighted by Gasteiger charge is 2.23. The predicted octanol–water partition coefficient (Wildman–Crippen LogP) is 5.14. The van der Waals surface area contributed by atoms with Gasteiger partial charge in [-0.2, -0.15) is 0 Å². The minimum absolute atomic E-state index is 0.139. The van der Waals surface area contributed by atoms with E-state index in [4.69, 9.17) is 25.8 Å². The van der Waals surface area contributed by atoms with Crippen molar-refractivity contribution >= 4 is 23.2 Å².